The second-order valence-corrected chi connectivity index (χ2v) is 11.7. The normalized spacial score (nSPS) is 12.6. The van der Waals surface area contributed by atoms with E-state index in [2.05, 4.69) is 67.8 Å². The number of hydrogen-bond donors (Lipinski definition) is 2. The molecule has 1 atom stereocenters. The second kappa shape index (κ2) is 33.3. The fourth-order valence-electron chi connectivity index (χ4n) is 4.85. The summed E-state index contributed by atoms with van der Waals surface area (Å²) in [4.78, 5) is 34.8. The van der Waals surface area contributed by atoms with Crippen LogP contribution in [-0.2, 0) is 19.1 Å². The molecule has 0 aromatic rings. The molecule has 0 rings (SSSR count). The van der Waals surface area contributed by atoms with Crippen molar-refractivity contribution in [3.63, 3.8) is 0 Å². The zero-order valence-electron chi connectivity index (χ0n) is 28.2. The Kier molecular flexibility index (Phi) is 31.3. The summed E-state index contributed by atoms with van der Waals surface area (Å²) in [6.07, 6.45) is 40.9. The number of nitrogens with one attached hydrogen (secondary N) is 1. The molecule has 1 unspecified atom stereocenters. The summed E-state index contributed by atoms with van der Waals surface area (Å²) in [7, 11) is 0. The van der Waals surface area contributed by atoms with E-state index in [-0.39, 0.29) is 24.5 Å². The first-order chi connectivity index (χ1) is 21.5. The lowest BCUT2D eigenvalue weighted by Crippen LogP contribution is -2.28. The monoisotopic (exact) mass is 615 g/mol. The fourth-order valence-corrected chi connectivity index (χ4v) is 4.85. The Morgan fingerprint density at radius 3 is 1.84 bits per heavy atom. The van der Waals surface area contributed by atoms with Gasteiger partial charge in [0.2, 0.25) is 5.91 Å². The molecule has 2 N–H and O–H groups in total. The van der Waals surface area contributed by atoms with Gasteiger partial charge in [-0.2, -0.15) is 0 Å². The Morgan fingerprint density at radius 1 is 0.636 bits per heavy atom. The number of ether oxygens (including phenoxy) is 1. The van der Waals surface area contributed by atoms with E-state index in [1.807, 2.05) is 0 Å². The molecule has 0 fully saturated rings. The molecule has 1 amide bonds. The van der Waals surface area contributed by atoms with Crippen molar-refractivity contribution in [2.45, 2.75) is 168 Å². The van der Waals surface area contributed by atoms with E-state index in [0.29, 0.717) is 12.8 Å². The van der Waals surface area contributed by atoms with E-state index in [0.717, 1.165) is 83.5 Å². The predicted molar refractivity (Wildman–Crippen MR) is 185 cm³/mol. The van der Waals surface area contributed by atoms with Crippen LogP contribution in [0.3, 0.4) is 0 Å². The van der Waals surface area contributed by atoms with Crippen molar-refractivity contribution in [3.05, 3.63) is 48.6 Å². The van der Waals surface area contributed by atoms with Gasteiger partial charge in [-0.15, -0.1) is 0 Å². The van der Waals surface area contributed by atoms with Gasteiger partial charge in [-0.25, -0.2) is 0 Å². The zero-order valence-corrected chi connectivity index (χ0v) is 28.2. The van der Waals surface area contributed by atoms with Crippen LogP contribution in [0.15, 0.2) is 48.6 Å². The molecular formula is C38H65NO5. The first-order valence-corrected chi connectivity index (χ1v) is 17.8. The molecule has 44 heavy (non-hydrogen) atoms. The summed E-state index contributed by atoms with van der Waals surface area (Å²) in [5, 5.41) is 11.0. The van der Waals surface area contributed by atoms with Crippen LogP contribution in [-0.4, -0.2) is 35.6 Å². The van der Waals surface area contributed by atoms with Crippen molar-refractivity contribution in [2.75, 3.05) is 6.54 Å². The van der Waals surface area contributed by atoms with Gasteiger partial charge in [0.15, 0.2) is 0 Å². The minimum Gasteiger partial charge on any atom is -0.480 e. The van der Waals surface area contributed by atoms with Crippen LogP contribution in [0.2, 0.25) is 0 Å². The minimum atomic E-state index is -1.03. The lowest BCUT2D eigenvalue weighted by molar-refractivity contribution is -0.147. The largest absolute Gasteiger partial charge is 0.480 e. The molecule has 0 saturated heterocycles. The quantitative estimate of drug-likeness (QED) is 0.0460. The van der Waals surface area contributed by atoms with Crippen molar-refractivity contribution >= 4 is 17.8 Å². The third kappa shape index (κ3) is 32.3. The number of amides is 1. The Balaban J connectivity index is 4.21. The lowest BCUT2D eigenvalue weighted by Gasteiger charge is -2.15. The Bertz CT molecular complexity index is 814. The van der Waals surface area contributed by atoms with Gasteiger partial charge in [0.25, 0.3) is 0 Å². The maximum absolute atomic E-state index is 12.6. The first-order valence-electron chi connectivity index (χ1n) is 17.8. The van der Waals surface area contributed by atoms with Crippen molar-refractivity contribution < 1.29 is 24.2 Å². The van der Waals surface area contributed by atoms with E-state index in [4.69, 9.17) is 9.84 Å². The van der Waals surface area contributed by atoms with E-state index in [1.54, 1.807) is 0 Å². The highest BCUT2D eigenvalue weighted by molar-refractivity contribution is 5.80. The molecule has 0 aromatic heterocycles. The first kappa shape index (κ1) is 41.4. The molecule has 0 radical (unpaired) electrons. The van der Waals surface area contributed by atoms with Crippen molar-refractivity contribution in [2.24, 2.45) is 0 Å². The molecule has 0 heterocycles. The van der Waals surface area contributed by atoms with Crippen LogP contribution in [0.25, 0.3) is 0 Å². The number of carbonyl (C=O) groups is 3. The van der Waals surface area contributed by atoms with E-state index in [9.17, 15) is 14.4 Å². The zero-order chi connectivity index (χ0) is 32.4. The van der Waals surface area contributed by atoms with E-state index >= 15 is 0 Å². The Hall–Kier alpha value is -2.63. The van der Waals surface area contributed by atoms with Gasteiger partial charge < -0.3 is 15.2 Å². The van der Waals surface area contributed by atoms with Gasteiger partial charge in [0, 0.05) is 12.8 Å². The van der Waals surface area contributed by atoms with Crippen LogP contribution in [0.5, 0.6) is 0 Å². The van der Waals surface area contributed by atoms with Crippen LogP contribution in [0, 0.1) is 0 Å². The summed E-state index contributed by atoms with van der Waals surface area (Å²) in [5.41, 5.74) is 0. The van der Waals surface area contributed by atoms with E-state index in [1.165, 1.54) is 51.4 Å². The highest BCUT2D eigenvalue weighted by Crippen LogP contribution is 2.15. The maximum atomic E-state index is 12.6. The topological polar surface area (TPSA) is 92.7 Å². The molecule has 6 heteroatoms. The average molecular weight is 616 g/mol. The molecule has 0 aliphatic rings. The fraction of sp³-hybridized carbons (Fsp3) is 0.711. The lowest BCUT2D eigenvalue weighted by atomic mass is 10.1. The molecule has 252 valence electrons. The van der Waals surface area contributed by atoms with Crippen LogP contribution in [0.1, 0.15) is 162 Å². The summed E-state index contributed by atoms with van der Waals surface area (Å²) in [6.45, 7) is 4.06. The molecule has 0 bridgehead atoms. The van der Waals surface area contributed by atoms with Crippen LogP contribution < -0.4 is 5.32 Å². The molecular weight excluding hydrogens is 550 g/mol. The standard InChI is InChI=1S/C38H65NO5/c1-3-5-7-9-11-13-14-15-16-17-18-19-21-23-29-33-38(43)44-35(30-26-22-20-12-10-8-6-4-2)31-27-24-25-28-32-36(40)39-34-37(41)42/h5,7,11,13,15-16,26,30,35H,3-4,6,8-10,12,14,17-25,27-29,31-34H2,1-2H3,(H,39,40)(H,41,42)/b7-5-,13-11-,16-15-,30-26-. The summed E-state index contributed by atoms with van der Waals surface area (Å²) in [5.74, 6) is -1.35. The number of carbonyl (C=O) groups excluding carboxylic acids is 2. The van der Waals surface area contributed by atoms with Gasteiger partial charge in [0.05, 0.1) is 0 Å². The number of carboxylic acids is 1. The van der Waals surface area contributed by atoms with Gasteiger partial charge in [-0.05, 0) is 76.7 Å². The third-order valence-electron chi connectivity index (χ3n) is 7.47. The molecule has 0 saturated carbocycles. The number of allylic oxidation sites excluding steroid dienone is 7. The Morgan fingerprint density at radius 2 is 1.18 bits per heavy atom. The summed E-state index contributed by atoms with van der Waals surface area (Å²) in [6, 6.07) is 0. The number of unbranched alkanes of at least 4 members (excludes halogenated alkanes) is 14. The highest BCUT2D eigenvalue weighted by atomic mass is 16.5. The Labute approximate surface area is 269 Å². The summed E-state index contributed by atoms with van der Waals surface area (Å²) < 4.78 is 5.86. The molecule has 0 spiro atoms. The highest BCUT2D eigenvalue weighted by Gasteiger charge is 2.12. The minimum absolute atomic E-state index is 0.101. The molecule has 0 aromatic carbocycles. The van der Waals surface area contributed by atoms with Gasteiger partial charge >= 0.3 is 11.9 Å². The van der Waals surface area contributed by atoms with Crippen molar-refractivity contribution in [1.29, 1.82) is 0 Å². The van der Waals surface area contributed by atoms with Crippen molar-refractivity contribution in [1.82, 2.24) is 5.32 Å². The molecule has 6 nitrogen and oxygen atoms in total. The van der Waals surface area contributed by atoms with E-state index < -0.39 is 5.97 Å². The van der Waals surface area contributed by atoms with Crippen LogP contribution in [0.4, 0.5) is 0 Å². The average Bonchev–Trinajstić information content (AvgIpc) is 3.00. The van der Waals surface area contributed by atoms with Gasteiger partial charge in [-0.3, -0.25) is 14.4 Å². The molecule has 0 aliphatic carbocycles. The predicted octanol–water partition coefficient (Wildman–Crippen LogP) is 10.3. The third-order valence-corrected chi connectivity index (χ3v) is 7.47. The number of aliphatic carboxylic acids is 1. The molecule has 0 aliphatic heterocycles. The number of rotatable bonds is 31. The van der Waals surface area contributed by atoms with Gasteiger partial charge in [0.1, 0.15) is 12.6 Å². The van der Waals surface area contributed by atoms with Crippen molar-refractivity contribution in [3.8, 4) is 0 Å². The number of carboxylic acid groups (broad SMARTS) is 1. The second-order valence-electron chi connectivity index (χ2n) is 11.7. The SMILES string of the molecule is CC/C=C\C/C=C\C/C=C\CCCCCCCC(=O)OC(/C=C\CCCCCCCC)CCCCCCC(=O)NCC(=O)O. The number of hydrogen-bond acceptors (Lipinski definition) is 4. The smallest absolute Gasteiger partial charge is 0.322 e. The maximum Gasteiger partial charge on any atom is 0.322 e. The van der Waals surface area contributed by atoms with Crippen LogP contribution >= 0.6 is 0 Å². The number of esters is 1. The summed E-state index contributed by atoms with van der Waals surface area (Å²) >= 11 is 0. The van der Waals surface area contributed by atoms with Gasteiger partial charge in [-0.1, -0.05) is 121 Å².